The Hall–Kier alpha value is 0.130. The van der Waals surface area contributed by atoms with Crippen LogP contribution in [0, 0.1) is 0 Å². The van der Waals surface area contributed by atoms with Crippen LogP contribution in [-0.4, -0.2) is 14.6 Å². The summed E-state index contributed by atoms with van der Waals surface area (Å²) in [5.74, 6) is 0. The van der Waals surface area contributed by atoms with Crippen molar-refractivity contribution in [1.82, 2.24) is 0 Å². The Morgan fingerprint density at radius 1 is 1.29 bits per heavy atom. The zero-order chi connectivity index (χ0) is 5.54. The molecule has 2 radical (unpaired) electrons. The van der Waals surface area contributed by atoms with E-state index in [2.05, 4.69) is 28.3 Å². The van der Waals surface area contributed by atoms with Crippen LogP contribution in [0.15, 0.2) is 0 Å². The van der Waals surface area contributed by atoms with E-state index in [1.54, 1.807) is 0 Å². The second kappa shape index (κ2) is 6.13. The maximum absolute atomic E-state index is 2.31. The quantitative estimate of drug-likeness (QED) is 0.367. The van der Waals surface area contributed by atoms with Gasteiger partial charge in [-0.1, -0.05) is 32.7 Å². The maximum atomic E-state index is 2.31. The molecule has 0 saturated carbocycles. The molecule has 0 heterocycles. The first kappa shape index (κ1) is 7.13. The van der Waals surface area contributed by atoms with Gasteiger partial charge in [0.25, 0.3) is 0 Å². The lowest BCUT2D eigenvalue weighted by atomic mass is 9.62. The second-order valence-electron chi connectivity index (χ2n) is 1.68. The molecule has 0 aromatic heterocycles. The molecule has 0 fully saturated rings. The van der Waals surface area contributed by atoms with Gasteiger partial charge in [0.1, 0.15) is 14.6 Å². The highest BCUT2D eigenvalue weighted by molar-refractivity contribution is 6.41. The van der Waals surface area contributed by atoms with Crippen LogP contribution in [0.4, 0.5) is 0 Å². The fraction of sp³-hybridized carbons (Fsp3) is 1.00. The molecular formula is C5H12B2. The van der Waals surface area contributed by atoms with Gasteiger partial charge in [0.05, 0.1) is 0 Å². The Morgan fingerprint density at radius 3 is 2.43 bits per heavy atom. The second-order valence-corrected chi connectivity index (χ2v) is 1.68. The van der Waals surface area contributed by atoms with E-state index < -0.39 is 0 Å². The Kier molecular flexibility index (Phi) is 6.24. The highest BCUT2D eigenvalue weighted by Crippen LogP contribution is 1.89. The van der Waals surface area contributed by atoms with E-state index in [9.17, 15) is 0 Å². The molecule has 0 rings (SSSR count). The largest absolute Gasteiger partial charge is 0.108 e. The summed E-state index contributed by atoms with van der Waals surface area (Å²) in [6.45, 7) is 4.28. The summed E-state index contributed by atoms with van der Waals surface area (Å²) >= 11 is 0. The molecule has 0 saturated heterocycles. The number of hydrogen-bond donors (Lipinski definition) is 0. The molecule has 0 aliphatic rings. The topological polar surface area (TPSA) is 0 Å². The molecule has 0 aliphatic heterocycles. The van der Waals surface area contributed by atoms with Crippen LogP contribution in [0.5, 0.6) is 0 Å². The highest BCUT2D eigenvalue weighted by atomic mass is 13.6. The van der Waals surface area contributed by atoms with Gasteiger partial charge >= 0.3 is 0 Å². The fourth-order valence-corrected chi connectivity index (χ4v) is 0.489. The molecule has 0 bridgehead atoms. The van der Waals surface area contributed by atoms with Gasteiger partial charge in [0, 0.05) is 0 Å². The lowest BCUT2D eigenvalue weighted by molar-refractivity contribution is 1.34. The van der Waals surface area contributed by atoms with Gasteiger partial charge in [-0.3, -0.25) is 0 Å². The fourth-order valence-electron chi connectivity index (χ4n) is 0.489. The van der Waals surface area contributed by atoms with Gasteiger partial charge in [-0.05, 0) is 0 Å². The summed E-state index contributed by atoms with van der Waals surface area (Å²) in [5, 5.41) is 0. The van der Waals surface area contributed by atoms with Gasteiger partial charge < -0.3 is 0 Å². The highest BCUT2D eigenvalue weighted by Gasteiger charge is 1.83. The third-order valence-corrected chi connectivity index (χ3v) is 0.948. The van der Waals surface area contributed by atoms with Crippen molar-refractivity contribution in [2.45, 2.75) is 32.7 Å². The van der Waals surface area contributed by atoms with Gasteiger partial charge in [-0.25, -0.2) is 0 Å². The van der Waals surface area contributed by atoms with E-state index in [0.717, 1.165) is 0 Å². The molecule has 0 N–H and O–H groups in total. The third kappa shape index (κ3) is 6.13. The molecule has 0 spiro atoms. The van der Waals surface area contributed by atoms with E-state index in [4.69, 9.17) is 0 Å². The molecule has 0 nitrogen and oxygen atoms in total. The van der Waals surface area contributed by atoms with Gasteiger partial charge in [0.2, 0.25) is 0 Å². The van der Waals surface area contributed by atoms with E-state index in [-0.39, 0.29) is 0 Å². The summed E-state index contributed by atoms with van der Waals surface area (Å²) in [6.07, 6.45) is 3.72. The van der Waals surface area contributed by atoms with Crippen molar-refractivity contribution >= 4 is 14.6 Å². The van der Waals surface area contributed by atoms with Crippen LogP contribution in [-0.2, 0) is 0 Å². The standard InChI is InChI=1S/C5H12B2/c1-3-7-5-4-6-2/h3-5H2,1-2H3. The van der Waals surface area contributed by atoms with E-state index in [1.165, 1.54) is 19.0 Å². The monoisotopic (exact) mass is 94.1 g/mol. The van der Waals surface area contributed by atoms with Gasteiger partial charge in [-0.15, -0.1) is 0 Å². The molecule has 0 atom stereocenters. The predicted octanol–water partition coefficient (Wildman–Crippen LogP) is 1.72. The minimum atomic E-state index is 1.22. The average molecular weight is 93.8 g/mol. The van der Waals surface area contributed by atoms with Gasteiger partial charge in [-0.2, -0.15) is 0 Å². The van der Waals surface area contributed by atoms with Crippen molar-refractivity contribution in [1.29, 1.82) is 0 Å². The van der Waals surface area contributed by atoms with Crippen LogP contribution >= 0.6 is 0 Å². The molecule has 38 valence electrons. The zero-order valence-electron chi connectivity index (χ0n) is 5.28. The van der Waals surface area contributed by atoms with Crippen LogP contribution in [0.25, 0.3) is 0 Å². The number of rotatable bonds is 4. The van der Waals surface area contributed by atoms with Crippen LogP contribution < -0.4 is 0 Å². The van der Waals surface area contributed by atoms with Crippen molar-refractivity contribution in [2.75, 3.05) is 0 Å². The number of hydrogen-bond acceptors (Lipinski definition) is 0. The van der Waals surface area contributed by atoms with E-state index >= 15 is 0 Å². The SMILES string of the molecule is C[B]CC[B]CC. The van der Waals surface area contributed by atoms with Crippen LogP contribution in [0.3, 0.4) is 0 Å². The molecular weight excluding hydrogens is 81.7 g/mol. The smallest absolute Gasteiger partial charge is 0.0920 e. The van der Waals surface area contributed by atoms with Crippen molar-refractivity contribution < 1.29 is 0 Å². The minimum absolute atomic E-state index is 1.22. The third-order valence-electron chi connectivity index (χ3n) is 0.948. The Bertz CT molecular complexity index is 25.3. The Balaban J connectivity index is 2.45. The molecule has 0 aromatic carbocycles. The maximum Gasteiger partial charge on any atom is 0.108 e. The first-order valence-corrected chi connectivity index (χ1v) is 3.01. The first-order valence-electron chi connectivity index (χ1n) is 3.01. The molecule has 0 aliphatic carbocycles. The lowest BCUT2D eigenvalue weighted by Crippen LogP contribution is -1.87. The normalized spacial score (nSPS) is 8.29. The van der Waals surface area contributed by atoms with E-state index in [1.807, 2.05) is 0 Å². The molecule has 0 amide bonds. The average Bonchev–Trinajstić information content (AvgIpc) is 1.69. The lowest BCUT2D eigenvalue weighted by Gasteiger charge is -1.87. The Labute approximate surface area is 48.2 Å². The Morgan fingerprint density at radius 2 is 2.00 bits per heavy atom. The predicted molar refractivity (Wildman–Crippen MR) is 37.5 cm³/mol. The van der Waals surface area contributed by atoms with Crippen molar-refractivity contribution in [3.05, 3.63) is 0 Å². The molecule has 7 heavy (non-hydrogen) atoms. The first-order chi connectivity index (χ1) is 3.41. The van der Waals surface area contributed by atoms with Crippen LogP contribution in [0.1, 0.15) is 6.92 Å². The summed E-state index contributed by atoms with van der Waals surface area (Å²) in [4.78, 5) is 0. The van der Waals surface area contributed by atoms with Gasteiger partial charge in [0.15, 0.2) is 0 Å². The van der Waals surface area contributed by atoms with Crippen LogP contribution in [0.2, 0.25) is 25.8 Å². The molecule has 0 unspecified atom stereocenters. The van der Waals surface area contributed by atoms with Crippen molar-refractivity contribution in [2.24, 2.45) is 0 Å². The van der Waals surface area contributed by atoms with E-state index in [0.29, 0.717) is 0 Å². The summed E-state index contributed by atoms with van der Waals surface area (Å²) in [5.41, 5.74) is 0. The minimum Gasteiger partial charge on any atom is -0.0920 e. The van der Waals surface area contributed by atoms with Crippen molar-refractivity contribution in [3.63, 3.8) is 0 Å². The molecule has 0 aromatic rings. The summed E-state index contributed by atoms with van der Waals surface area (Å²) < 4.78 is 0. The summed E-state index contributed by atoms with van der Waals surface area (Å²) in [7, 11) is 4.51. The zero-order valence-corrected chi connectivity index (χ0v) is 5.28. The molecule has 2 heteroatoms. The van der Waals surface area contributed by atoms with Crippen molar-refractivity contribution in [3.8, 4) is 0 Å². The summed E-state index contributed by atoms with van der Waals surface area (Å²) in [6, 6.07) is 0.